The highest BCUT2D eigenvalue weighted by Gasteiger charge is 2.16. The monoisotopic (exact) mass is 548 g/mol. The van der Waals surface area contributed by atoms with Crippen molar-refractivity contribution in [2.75, 3.05) is 25.6 Å². The van der Waals surface area contributed by atoms with Crippen LogP contribution in [0.1, 0.15) is 55.3 Å². The molecule has 4 rings (SSSR count). The van der Waals surface area contributed by atoms with Gasteiger partial charge in [0.05, 0.1) is 22.5 Å². The van der Waals surface area contributed by atoms with Crippen LogP contribution in [0, 0.1) is 5.82 Å². The summed E-state index contributed by atoms with van der Waals surface area (Å²) in [6, 6.07) is 17.0. The molecule has 0 aliphatic rings. The van der Waals surface area contributed by atoms with Gasteiger partial charge in [-0.05, 0) is 61.0 Å². The van der Waals surface area contributed by atoms with Gasteiger partial charge in [-0.25, -0.2) is 14.2 Å². The molecule has 7 nitrogen and oxygen atoms in total. The molecule has 0 aliphatic carbocycles. The average molecular weight is 549 g/mol. The second kappa shape index (κ2) is 13.8. The van der Waals surface area contributed by atoms with Crippen molar-refractivity contribution in [3.63, 3.8) is 0 Å². The van der Waals surface area contributed by atoms with Crippen molar-refractivity contribution in [2.45, 2.75) is 45.4 Å². The van der Waals surface area contributed by atoms with Crippen LogP contribution < -0.4 is 14.4 Å². The van der Waals surface area contributed by atoms with Gasteiger partial charge in [0.15, 0.2) is 5.82 Å². The molecule has 0 N–H and O–H groups in total. The molecular formula is C30H33FN4O3S. The van der Waals surface area contributed by atoms with E-state index in [1.165, 1.54) is 49.2 Å². The van der Waals surface area contributed by atoms with Gasteiger partial charge in [0.2, 0.25) is 5.01 Å². The summed E-state index contributed by atoms with van der Waals surface area (Å²) in [6.45, 7) is 2.87. The highest BCUT2D eigenvalue weighted by Crippen LogP contribution is 2.29. The maximum absolute atomic E-state index is 14.6. The summed E-state index contributed by atoms with van der Waals surface area (Å²) in [5.41, 5.74) is 2.35. The number of azo groups is 1. The summed E-state index contributed by atoms with van der Waals surface area (Å²) in [7, 11) is 3.89. The smallest absolute Gasteiger partial charge is 0.372 e. The number of hydrogen-bond donors (Lipinski definition) is 0. The molecule has 0 saturated heterocycles. The number of unbranched alkanes of at least 4 members (excludes halogenated alkanes) is 5. The molecule has 1 heterocycles. The fourth-order valence-electron chi connectivity index (χ4n) is 3.87. The van der Waals surface area contributed by atoms with Gasteiger partial charge in [-0.3, -0.25) is 0 Å². The van der Waals surface area contributed by atoms with E-state index in [9.17, 15) is 9.18 Å². The molecule has 0 fully saturated rings. The number of nitrogens with zero attached hydrogens (tertiary/aromatic N) is 4. The average Bonchev–Trinajstić information content (AvgIpc) is 3.36. The number of halogens is 1. The van der Waals surface area contributed by atoms with E-state index in [4.69, 9.17) is 9.47 Å². The van der Waals surface area contributed by atoms with Crippen LogP contribution >= 0.6 is 11.3 Å². The number of benzene rings is 3. The van der Waals surface area contributed by atoms with Crippen LogP contribution in [0.3, 0.4) is 0 Å². The molecule has 9 heteroatoms. The summed E-state index contributed by atoms with van der Waals surface area (Å²) in [6.07, 6.45) is 7.21. The zero-order chi connectivity index (χ0) is 27.6. The SMILES string of the molecule is CCCCCCCCOc1ccc2nc(C(=O)Oc3ccc(/N=N/c4ccc(N(C)C)cc4)c(F)c3)sc2c1. The van der Waals surface area contributed by atoms with Gasteiger partial charge in [0, 0.05) is 25.8 Å². The maximum Gasteiger partial charge on any atom is 0.372 e. The summed E-state index contributed by atoms with van der Waals surface area (Å²) >= 11 is 1.21. The summed E-state index contributed by atoms with van der Waals surface area (Å²) in [5.74, 6) is -0.486. The van der Waals surface area contributed by atoms with Gasteiger partial charge in [0.25, 0.3) is 0 Å². The normalized spacial score (nSPS) is 11.3. The van der Waals surface area contributed by atoms with E-state index in [0.29, 0.717) is 17.8 Å². The molecule has 0 unspecified atom stereocenters. The van der Waals surface area contributed by atoms with E-state index in [0.717, 1.165) is 35.0 Å². The Morgan fingerprint density at radius 2 is 1.67 bits per heavy atom. The van der Waals surface area contributed by atoms with Gasteiger partial charge in [-0.15, -0.1) is 16.5 Å². The highest BCUT2D eigenvalue weighted by atomic mass is 32.1. The topological polar surface area (TPSA) is 76.4 Å². The van der Waals surface area contributed by atoms with Crippen LogP contribution in [-0.4, -0.2) is 31.7 Å². The lowest BCUT2D eigenvalue weighted by molar-refractivity contribution is 0.0734. The fourth-order valence-corrected chi connectivity index (χ4v) is 4.74. The zero-order valence-electron chi connectivity index (χ0n) is 22.5. The molecule has 3 aromatic carbocycles. The Morgan fingerprint density at radius 3 is 2.41 bits per heavy atom. The number of carbonyl (C=O) groups excluding carboxylic acids is 1. The first-order valence-corrected chi connectivity index (χ1v) is 14.0. The third-order valence-electron chi connectivity index (χ3n) is 6.07. The number of aromatic nitrogens is 1. The van der Waals surface area contributed by atoms with E-state index < -0.39 is 11.8 Å². The van der Waals surface area contributed by atoms with Crippen molar-refractivity contribution in [1.82, 2.24) is 4.98 Å². The Balaban J connectivity index is 1.33. The Labute approximate surface area is 232 Å². The van der Waals surface area contributed by atoms with Gasteiger partial charge >= 0.3 is 5.97 Å². The maximum atomic E-state index is 14.6. The van der Waals surface area contributed by atoms with Crippen molar-refractivity contribution in [2.24, 2.45) is 10.2 Å². The molecule has 0 saturated carbocycles. The molecule has 0 radical (unpaired) electrons. The minimum absolute atomic E-state index is 0.0416. The molecular weight excluding hydrogens is 515 g/mol. The molecule has 204 valence electrons. The van der Waals surface area contributed by atoms with Gasteiger partial charge in [-0.1, -0.05) is 39.0 Å². The lowest BCUT2D eigenvalue weighted by Crippen LogP contribution is -2.07. The third-order valence-corrected chi connectivity index (χ3v) is 7.07. The Kier molecular flexibility index (Phi) is 9.97. The molecule has 0 amide bonds. The van der Waals surface area contributed by atoms with Gasteiger partial charge in [-0.2, -0.15) is 5.11 Å². The highest BCUT2D eigenvalue weighted by molar-refractivity contribution is 7.20. The number of carbonyl (C=O) groups is 1. The number of ether oxygens (including phenoxy) is 2. The number of fused-ring (bicyclic) bond motifs is 1. The van der Waals surface area contributed by atoms with Crippen molar-refractivity contribution in [3.05, 3.63) is 71.5 Å². The standard InChI is InChI=1S/C30H33FN4O3S/c1-4-5-6-7-8-9-18-37-23-14-17-27-28(20-23)39-29(32-27)30(36)38-24-15-16-26(25(31)19-24)34-33-21-10-12-22(13-11-21)35(2)3/h10-17,19-20H,4-9,18H2,1-3H3/b34-33+. The minimum atomic E-state index is -0.652. The molecule has 39 heavy (non-hydrogen) atoms. The Bertz CT molecular complexity index is 1420. The summed E-state index contributed by atoms with van der Waals surface area (Å²) < 4.78 is 26.7. The van der Waals surface area contributed by atoms with Gasteiger partial charge < -0.3 is 14.4 Å². The lowest BCUT2D eigenvalue weighted by Gasteiger charge is -2.11. The summed E-state index contributed by atoms with van der Waals surface area (Å²) in [4.78, 5) is 19.0. The first kappa shape index (κ1) is 28.2. The Hall–Kier alpha value is -3.85. The molecule has 4 aromatic rings. The predicted molar refractivity (Wildman–Crippen MR) is 155 cm³/mol. The van der Waals surface area contributed by atoms with Crippen molar-refractivity contribution in [3.8, 4) is 11.5 Å². The van der Waals surface area contributed by atoms with E-state index in [-0.39, 0.29) is 16.4 Å². The van der Waals surface area contributed by atoms with Crippen molar-refractivity contribution in [1.29, 1.82) is 0 Å². The fraction of sp³-hybridized carbons (Fsp3) is 0.333. The van der Waals surface area contributed by atoms with Crippen molar-refractivity contribution < 1.29 is 18.7 Å². The summed E-state index contributed by atoms with van der Waals surface area (Å²) in [5, 5.41) is 8.25. The number of thiazole rings is 1. The van der Waals surface area contributed by atoms with E-state index in [1.807, 2.05) is 49.3 Å². The number of hydrogen-bond acceptors (Lipinski definition) is 8. The minimum Gasteiger partial charge on any atom is -0.494 e. The van der Waals surface area contributed by atoms with E-state index in [2.05, 4.69) is 22.1 Å². The Morgan fingerprint density at radius 1 is 0.923 bits per heavy atom. The quantitative estimate of drug-likeness (QED) is 0.0722. The molecule has 1 aromatic heterocycles. The largest absolute Gasteiger partial charge is 0.494 e. The first-order chi connectivity index (χ1) is 18.9. The second-order valence-electron chi connectivity index (χ2n) is 9.38. The number of esters is 1. The molecule has 0 aliphatic heterocycles. The van der Waals surface area contributed by atoms with Crippen LogP contribution in [0.5, 0.6) is 11.5 Å². The van der Waals surface area contributed by atoms with Crippen LogP contribution in [0.4, 0.5) is 21.5 Å². The van der Waals surface area contributed by atoms with Crippen LogP contribution in [-0.2, 0) is 0 Å². The van der Waals surface area contributed by atoms with Crippen LogP contribution in [0.2, 0.25) is 0 Å². The molecule has 0 atom stereocenters. The molecule has 0 spiro atoms. The predicted octanol–water partition coefficient (Wildman–Crippen LogP) is 8.88. The van der Waals surface area contributed by atoms with E-state index in [1.54, 1.807) is 12.1 Å². The zero-order valence-corrected chi connectivity index (χ0v) is 23.3. The van der Waals surface area contributed by atoms with Crippen molar-refractivity contribution >= 4 is 44.6 Å². The van der Waals surface area contributed by atoms with Gasteiger partial charge in [0.1, 0.15) is 17.2 Å². The first-order valence-electron chi connectivity index (χ1n) is 13.2. The molecule has 0 bridgehead atoms. The second-order valence-corrected chi connectivity index (χ2v) is 10.4. The van der Waals surface area contributed by atoms with Crippen LogP contribution in [0.25, 0.3) is 10.2 Å². The van der Waals surface area contributed by atoms with E-state index >= 15 is 0 Å². The lowest BCUT2D eigenvalue weighted by atomic mass is 10.1. The number of anilines is 1. The third kappa shape index (κ3) is 8.07. The number of rotatable bonds is 13. The van der Waals surface area contributed by atoms with Crippen LogP contribution in [0.15, 0.2) is 70.9 Å².